The summed E-state index contributed by atoms with van der Waals surface area (Å²) in [5.41, 5.74) is 6.01. The lowest BCUT2D eigenvalue weighted by Crippen LogP contribution is -2.38. The first-order chi connectivity index (χ1) is 9.60. The Morgan fingerprint density at radius 2 is 2.20 bits per heavy atom. The van der Waals surface area contributed by atoms with Gasteiger partial charge in [0.25, 0.3) is 0 Å². The molecule has 7 nitrogen and oxygen atoms in total. The van der Waals surface area contributed by atoms with Gasteiger partial charge >= 0.3 is 0 Å². The van der Waals surface area contributed by atoms with Crippen LogP contribution < -0.4 is 10.6 Å². The molecule has 2 rings (SSSR count). The molecular formula is C13H22N6O. The fraction of sp³-hybridized carbons (Fsp3) is 0.615. The summed E-state index contributed by atoms with van der Waals surface area (Å²) >= 11 is 0. The molecular weight excluding hydrogens is 256 g/mol. The van der Waals surface area contributed by atoms with E-state index in [-0.39, 0.29) is 5.84 Å². The molecule has 0 saturated carbocycles. The van der Waals surface area contributed by atoms with E-state index < -0.39 is 0 Å². The fourth-order valence-electron chi connectivity index (χ4n) is 2.53. The molecule has 0 atom stereocenters. The molecule has 0 aliphatic carbocycles. The van der Waals surface area contributed by atoms with Crippen molar-refractivity contribution >= 4 is 11.8 Å². The third-order valence-corrected chi connectivity index (χ3v) is 3.53. The van der Waals surface area contributed by atoms with Crippen LogP contribution in [0.3, 0.4) is 0 Å². The maximum atomic E-state index is 8.69. The van der Waals surface area contributed by atoms with Gasteiger partial charge in [-0.05, 0) is 38.9 Å². The number of piperidine rings is 1. The zero-order valence-corrected chi connectivity index (χ0v) is 12.0. The zero-order chi connectivity index (χ0) is 14.5. The summed E-state index contributed by atoms with van der Waals surface area (Å²) in [6.07, 6.45) is 3.91. The maximum Gasteiger partial charge on any atom is 0.225 e. The van der Waals surface area contributed by atoms with Crippen molar-refractivity contribution in [2.45, 2.75) is 12.8 Å². The molecule has 1 saturated heterocycles. The summed E-state index contributed by atoms with van der Waals surface area (Å²) < 4.78 is 0. The van der Waals surface area contributed by atoms with Crippen molar-refractivity contribution in [3.63, 3.8) is 0 Å². The van der Waals surface area contributed by atoms with E-state index in [1.54, 1.807) is 12.3 Å². The second-order valence-electron chi connectivity index (χ2n) is 5.42. The Kier molecular flexibility index (Phi) is 4.73. The third-order valence-electron chi connectivity index (χ3n) is 3.53. The molecule has 0 spiro atoms. The van der Waals surface area contributed by atoms with Gasteiger partial charge in [0.05, 0.1) is 0 Å². The molecule has 1 fully saturated rings. The van der Waals surface area contributed by atoms with Gasteiger partial charge in [-0.1, -0.05) is 5.16 Å². The van der Waals surface area contributed by atoms with Crippen LogP contribution >= 0.6 is 0 Å². The van der Waals surface area contributed by atoms with E-state index in [4.69, 9.17) is 10.9 Å². The Bertz CT molecular complexity index is 468. The highest BCUT2D eigenvalue weighted by Crippen LogP contribution is 2.21. The monoisotopic (exact) mass is 278 g/mol. The predicted octanol–water partition coefficient (Wildman–Crippen LogP) is 0.349. The van der Waals surface area contributed by atoms with Gasteiger partial charge in [0.2, 0.25) is 5.95 Å². The number of oxime groups is 1. The summed E-state index contributed by atoms with van der Waals surface area (Å²) in [5.74, 6) is 1.39. The molecule has 0 radical (unpaired) electrons. The lowest BCUT2D eigenvalue weighted by molar-refractivity contribution is 0.284. The summed E-state index contributed by atoms with van der Waals surface area (Å²) in [5, 5.41) is 11.7. The van der Waals surface area contributed by atoms with Crippen LogP contribution in [0.25, 0.3) is 0 Å². The van der Waals surface area contributed by atoms with E-state index in [9.17, 15) is 0 Å². The van der Waals surface area contributed by atoms with Crippen molar-refractivity contribution < 1.29 is 5.21 Å². The highest BCUT2D eigenvalue weighted by molar-refractivity contribution is 5.95. The van der Waals surface area contributed by atoms with Crippen LogP contribution in [-0.4, -0.2) is 59.6 Å². The van der Waals surface area contributed by atoms with Crippen LogP contribution in [0.2, 0.25) is 0 Å². The van der Waals surface area contributed by atoms with E-state index in [0.717, 1.165) is 38.4 Å². The van der Waals surface area contributed by atoms with Gasteiger partial charge in [0.1, 0.15) is 5.69 Å². The molecule has 1 aliphatic rings. The molecule has 0 amide bonds. The Morgan fingerprint density at radius 1 is 1.50 bits per heavy atom. The van der Waals surface area contributed by atoms with Crippen LogP contribution in [-0.2, 0) is 0 Å². The number of hydrogen-bond donors (Lipinski definition) is 2. The van der Waals surface area contributed by atoms with E-state index in [1.807, 2.05) is 0 Å². The first-order valence-corrected chi connectivity index (χ1v) is 6.80. The predicted molar refractivity (Wildman–Crippen MR) is 78.0 cm³/mol. The van der Waals surface area contributed by atoms with Crippen LogP contribution in [0.15, 0.2) is 17.4 Å². The minimum atomic E-state index is 0.0103. The minimum absolute atomic E-state index is 0.0103. The Morgan fingerprint density at radius 3 is 2.80 bits per heavy atom. The molecule has 1 aromatic rings. The van der Waals surface area contributed by atoms with Gasteiger partial charge in [-0.3, -0.25) is 0 Å². The summed E-state index contributed by atoms with van der Waals surface area (Å²) in [6.45, 7) is 3.01. The number of hydrogen-bond acceptors (Lipinski definition) is 6. The van der Waals surface area contributed by atoms with E-state index in [0.29, 0.717) is 11.6 Å². The van der Waals surface area contributed by atoms with E-state index >= 15 is 0 Å². The standard InChI is InChI=1S/C13H22N6O/c1-18(2)9-10-4-7-19(8-5-10)13-15-6-3-11(16-13)12(14)17-20/h3,6,10,20H,4-5,7-9H2,1-2H3,(H2,14,17). The van der Waals surface area contributed by atoms with Crippen molar-refractivity contribution in [3.8, 4) is 0 Å². The summed E-state index contributed by atoms with van der Waals surface area (Å²) in [6, 6.07) is 1.64. The van der Waals surface area contributed by atoms with Gasteiger partial charge in [0, 0.05) is 25.8 Å². The molecule has 110 valence electrons. The molecule has 1 aliphatic heterocycles. The SMILES string of the molecule is CN(C)CC1CCN(c2nccc(/C(N)=N/O)n2)CC1. The third kappa shape index (κ3) is 3.57. The highest BCUT2D eigenvalue weighted by atomic mass is 16.4. The minimum Gasteiger partial charge on any atom is -0.409 e. The number of nitrogens with zero attached hydrogens (tertiary/aromatic N) is 5. The van der Waals surface area contributed by atoms with Gasteiger partial charge in [0.15, 0.2) is 5.84 Å². The maximum absolute atomic E-state index is 8.69. The van der Waals surface area contributed by atoms with Crippen LogP contribution in [0.4, 0.5) is 5.95 Å². The van der Waals surface area contributed by atoms with Gasteiger partial charge in [-0.2, -0.15) is 0 Å². The molecule has 3 N–H and O–H groups in total. The molecule has 1 aromatic heterocycles. The topological polar surface area (TPSA) is 90.9 Å². The van der Waals surface area contributed by atoms with E-state index in [1.165, 1.54) is 0 Å². The normalized spacial score (nSPS) is 17.8. The zero-order valence-electron chi connectivity index (χ0n) is 12.0. The Hall–Kier alpha value is -1.89. The molecule has 7 heteroatoms. The van der Waals surface area contributed by atoms with Crippen molar-refractivity contribution in [1.29, 1.82) is 0 Å². The molecule has 20 heavy (non-hydrogen) atoms. The number of anilines is 1. The van der Waals surface area contributed by atoms with Gasteiger partial charge in [-0.25, -0.2) is 9.97 Å². The lowest BCUT2D eigenvalue weighted by Gasteiger charge is -2.33. The second-order valence-corrected chi connectivity index (χ2v) is 5.42. The van der Waals surface area contributed by atoms with Crippen LogP contribution in [0, 0.1) is 5.92 Å². The summed E-state index contributed by atoms with van der Waals surface area (Å²) in [4.78, 5) is 13.0. The van der Waals surface area contributed by atoms with Crippen molar-refractivity contribution in [3.05, 3.63) is 18.0 Å². The van der Waals surface area contributed by atoms with E-state index in [2.05, 4.69) is 39.0 Å². The number of amidine groups is 1. The Balaban J connectivity index is 2.00. The Labute approximate surface area is 119 Å². The molecule has 0 aromatic carbocycles. The average Bonchev–Trinajstić information content (AvgIpc) is 2.47. The largest absolute Gasteiger partial charge is 0.409 e. The number of nitrogens with two attached hydrogens (primary N) is 1. The second kappa shape index (κ2) is 6.51. The fourth-order valence-corrected chi connectivity index (χ4v) is 2.53. The highest BCUT2D eigenvalue weighted by Gasteiger charge is 2.21. The molecule has 0 bridgehead atoms. The quantitative estimate of drug-likeness (QED) is 0.357. The van der Waals surface area contributed by atoms with Crippen molar-refractivity contribution in [1.82, 2.24) is 14.9 Å². The van der Waals surface area contributed by atoms with Crippen molar-refractivity contribution in [2.24, 2.45) is 16.8 Å². The van der Waals surface area contributed by atoms with Crippen LogP contribution in [0.5, 0.6) is 0 Å². The number of rotatable bonds is 4. The first kappa shape index (κ1) is 14.5. The van der Waals surface area contributed by atoms with Crippen molar-refractivity contribution in [2.75, 3.05) is 38.6 Å². The number of aromatic nitrogens is 2. The van der Waals surface area contributed by atoms with Crippen LogP contribution in [0.1, 0.15) is 18.5 Å². The molecule has 2 heterocycles. The summed E-state index contributed by atoms with van der Waals surface area (Å²) in [7, 11) is 4.21. The molecule has 0 unspecified atom stereocenters. The van der Waals surface area contributed by atoms with Gasteiger partial charge in [-0.15, -0.1) is 0 Å². The smallest absolute Gasteiger partial charge is 0.225 e. The lowest BCUT2D eigenvalue weighted by atomic mass is 9.97. The first-order valence-electron chi connectivity index (χ1n) is 6.80. The van der Waals surface area contributed by atoms with Gasteiger partial charge < -0.3 is 20.7 Å². The average molecular weight is 278 g/mol.